The van der Waals surface area contributed by atoms with Gasteiger partial charge in [-0.05, 0) is 30.7 Å². The molecule has 0 aromatic heterocycles. The molecule has 1 fully saturated rings. The lowest BCUT2D eigenvalue weighted by Gasteiger charge is -2.26. The summed E-state index contributed by atoms with van der Waals surface area (Å²) in [4.78, 5) is 51.2. The smallest absolute Gasteiger partial charge is 0.328 e. The number of carbonyl (C=O) groups excluding carboxylic acids is 4. The van der Waals surface area contributed by atoms with E-state index in [0.717, 1.165) is 12.1 Å². The number of anilines is 1. The molecule has 0 radical (unpaired) electrons. The summed E-state index contributed by atoms with van der Waals surface area (Å²) in [5.41, 5.74) is -0.214. The second kappa shape index (κ2) is 11.8. The molecule has 1 aliphatic rings. The van der Waals surface area contributed by atoms with Gasteiger partial charge in [-0.25, -0.2) is 18.4 Å². The quantitative estimate of drug-likeness (QED) is 0.482. The minimum absolute atomic E-state index is 0.0569. The molecule has 12 heteroatoms. The van der Waals surface area contributed by atoms with Gasteiger partial charge in [-0.2, -0.15) is 11.8 Å². The third kappa shape index (κ3) is 7.04. The van der Waals surface area contributed by atoms with E-state index in [1.807, 2.05) is 0 Å². The third-order valence-corrected chi connectivity index (χ3v) is 5.66. The second-order valence-corrected chi connectivity index (χ2v) is 8.77. The number of likely N-dealkylation sites (tertiary alicyclic amines) is 1. The lowest BCUT2D eigenvalue weighted by Crippen LogP contribution is -2.53. The fourth-order valence-electron chi connectivity index (χ4n) is 3.48. The summed E-state index contributed by atoms with van der Waals surface area (Å²) in [5, 5.41) is 7.53. The average molecular weight is 487 g/mol. The molecule has 182 valence electrons. The van der Waals surface area contributed by atoms with E-state index in [1.165, 1.54) is 23.8 Å². The zero-order valence-corrected chi connectivity index (χ0v) is 19.6. The second-order valence-electron chi connectivity index (χ2n) is 7.90. The van der Waals surface area contributed by atoms with Gasteiger partial charge in [0.05, 0.1) is 24.6 Å². The van der Waals surface area contributed by atoms with Crippen LogP contribution in [0.2, 0.25) is 0 Å². The van der Waals surface area contributed by atoms with Crippen LogP contribution >= 0.6 is 11.8 Å². The largest absolute Gasteiger partial charge is 0.467 e. The first-order valence-electron chi connectivity index (χ1n) is 10.3. The molecule has 1 aromatic carbocycles. The summed E-state index contributed by atoms with van der Waals surface area (Å²) in [6.07, 6.45) is 1.84. The van der Waals surface area contributed by atoms with Gasteiger partial charge >= 0.3 is 12.0 Å². The van der Waals surface area contributed by atoms with Crippen molar-refractivity contribution in [2.24, 2.45) is 5.92 Å². The molecule has 3 N–H and O–H groups in total. The Morgan fingerprint density at radius 1 is 1.24 bits per heavy atom. The molecule has 1 heterocycles. The van der Waals surface area contributed by atoms with E-state index in [-0.39, 0.29) is 36.2 Å². The number of rotatable bonds is 8. The molecule has 1 aliphatic heterocycles. The highest BCUT2D eigenvalue weighted by atomic mass is 32.2. The van der Waals surface area contributed by atoms with Crippen LogP contribution in [0.25, 0.3) is 0 Å². The zero-order chi connectivity index (χ0) is 24.7. The number of halogens is 2. The summed E-state index contributed by atoms with van der Waals surface area (Å²) >= 11 is 1.29. The topological polar surface area (TPSA) is 117 Å². The van der Waals surface area contributed by atoms with Crippen molar-refractivity contribution in [1.29, 1.82) is 0 Å². The Morgan fingerprint density at radius 2 is 1.94 bits per heavy atom. The number of hydrogen-bond acceptors (Lipinski definition) is 6. The molecule has 0 aliphatic carbocycles. The molecule has 1 aromatic rings. The lowest BCUT2D eigenvalue weighted by atomic mass is 10.0. The van der Waals surface area contributed by atoms with Crippen LogP contribution in [0.5, 0.6) is 0 Å². The number of benzene rings is 1. The van der Waals surface area contributed by atoms with Crippen molar-refractivity contribution in [3.8, 4) is 0 Å². The molecule has 3 atom stereocenters. The fraction of sp³-hybridized carbons (Fsp3) is 0.524. The molecule has 0 saturated carbocycles. The lowest BCUT2D eigenvalue weighted by molar-refractivity contribution is -0.147. The first kappa shape index (κ1) is 26.4. The molecular formula is C21H28F2N4O5S. The van der Waals surface area contributed by atoms with E-state index >= 15 is 0 Å². The van der Waals surface area contributed by atoms with E-state index in [2.05, 4.69) is 16.0 Å². The van der Waals surface area contributed by atoms with Crippen molar-refractivity contribution in [3.63, 3.8) is 0 Å². The minimum Gasteiger partial charge on any atom is -0.467 e. The highest BCUT2D eigenvalue weighted by molar-refractivity contribution is 7.99. The molecule has 0 bridgehead atoms. The number of carbonyl (C=O) groups is 4. The van der Waals surface area contributed by atoms with E-state index in [9.17, 15) is 28.0 Å². The van der Waals surface area contributed by atoms with Crippen LogP contribution in [0.1, 0.15) is 20.3 Å². The molecule has 33 heavy (non-hydrogen) atoms. The van der Waals surface area contributed by atoms with E-state index in [1.54, 1.807) is 20.1 Å². The molecule has 3 unspecified atom stereocenters. The SMILES string of the molecule is COC(=O)C(NC(=O)C1CC(NC(=O)Nc2ccc(F)cc2F)CN1C(=O)CSC)C(C)C. The number of methoxy groups -OCH3 is 1. The molecule has 4 amide bonds. The van der Waals surface area contributed by atoms with E-state index in [4.69, 9.17) is 4.74 Å². The molecule has 2 rings (SSSR count). The Hall–Kier alpha value is -2.89. The monoisotopic (exact) mass is 486 g/mol. The van der Waals surface area contributed by atoms with Gasteiger partial charge in [-0.15, -0.1) is 0 Å². The van der Waals surface area contributed by atoms with Crippen LogP contribution in [-0.2, 0) is 19.1 Å². The van der Waals surface area contributed by atoms with Crippen molar-refractivity contribution in [1.82, 2.24) is 15.5 Å². The summed E-state index contributed by atoms with van der Waals surface area (Å²) in [7, 11) is 1.22. The van der Waals surface area contributed by atoms with Gasteiger partial charge in [0.1, 0.15) is 23.7 Å². The first-order valence-corrected chi connectivity index (χ1v) is 11.7. The zero-order valence-electron chi connectivity index (χ0n) is 18.8. The van der Waals surface area contributed by atoms with Crippen molar-refractivity contribution in [3.05, 3.63) is 29.8 Å². The van der Waals surface area contributed by atoms with Gasteiger partial charge in [0.2, 0.25) is 11.8 Å². The first-order chi connectivity index (χ1) is 15.6. The maximum Gasteiger partial charge on any atom is 0.328 e. The number of amides is 4. The third-order valence-electron chi connectivity index (χ3n) is 5.13. The number of thioether (sulfide) groups is 1. The van der Waals surface area contributed by atoms with Gasteiger partial charge in [-0.3, -0.25) is 9.59 Å². The Morgan fingerprint density at radius 3 is 2.52 bits per heavy atom. The fourth-order valence-corrected chi connectivity index (χ4v) is 3.89. The number of nitrogens with zero attached hydrogens (tertiary/aromatic N) is 1. The number of esters is 1. The number of hydrogen-bond donors (Lipinski definition) is 3. The maximum atomic E-state index is 13.8. The van der Waals surface area contributed by atoms with Crippen LogP contribution in [0.15, 0.2) is 18.2 Å². The Kier molecular flexibility index (Phi) is 9.44. The highest BCUT2D eigenvalue weighted by Crippen LogP contribution is 2.21. The number of ether oxygens (including phenoxy) is 1. The van der Waals surface area contributed by atoms with Crippen molar-refractivity contribution < 1.29 is 32.7 Å². The van der Waals surface area contributed by atoms with Gasteiger partial charge in [0.25, 0.3) is 0 Å². The summed E-state index contributed by atoms with van der Waals surface area (Å²) in [6.45, 7) is 3.55. The van der Waals surface area contributed by atoms with Crippen molar-refractivity contribution in [2.75, 3.05) is 31.0 Å². The molecular weight excluding hydrogens is 458 g/mol. The maximum absolute atomic E-state index is 13.8. The molecule has 0 spiro atoms. The van der Waals surface area contributed by atoms with Gasteiger partial charge in [-0.1, -0.05) is 13.8 Å². The van der Waals surface area contributed by atoms with Crippen LogP contribution < -0.4 is 16.0 Å². The normalized spacial score (nSPS) is 18.6. The predicted molar refractivity (Wildman–Crippen MR) is 120 cm³/mol. The van der Waals surface area contributed by atoms with Crippen LogP contribution in [-0.4, -0.2) is 72.5 Å². The molecule has 1 saturated heterocycles. The standard InChI is InChI=1S/C21H28F2N4O5S/c1-11(2)18(20(30)32-3)26-19(29)16-8-13(9-27(16)17(28)10-33-4)24-21(31)25-15-6-5-12(22)7-14(15)23/h5-7,11,13,16,18H,8-10H2,1-4H3,(H,26,29)(H2,24,25,31). The van der Waals surface area contributed by atoms with Gasteiger partial charge < -0.3 is 25.6 Å². The number of urea groups is 1. The highest BCUT2D eigenvalue weighted by Gasteiger charge is 2.41. The van der Waals surface area contributed by atoms with Crippen LogP contribution in [0.3, 0.4) is 0 Å². The van der Waals surface area contributed by atoms with Crippen molar-refractivity contribution in [2.45, 2.75) is 38.4 Å². The summed E-state index contributed by atoms with van der Waals surface area (Å²) in [5.74, 6) is -3.27. The summed E-state index contributed by atoms with van der Waals surface area (Å²) < 4.78 is 31.6. The number of nitrogens with one attached hydrogen (secondary N) is 3. The van der Waals surface area contributed by atoms with Crippen LogP contribution in [0, 0.1) is 17.6 Å². The average Bonchev–Trinajstić information content (AvgIpc) is 3.17. The Balaban J connectivity index is 2.11. The Bertz CT molecular complexity index is 901. The van der Waals surface area contributed by atoms with Crippen molar-refractivity contribution >= 4 is 41.3 Å². The predicted octanol–water partition coefficient (Wildman–Crippen LogP) is 1.73. The summed E-state index contributed by atoms with van der Waals surface area (Å²) in [6, 6.07) is -0.447. The van der Waals surface area contributed by atoms with Crippen LogP contribution in [0.4, 0.5) is 19.3 Å². The van der Waals surface area contributed by atoms with E-state index < -0.39 is 47.7 Å². The van der Waals surface area contributed by atoms with E-state index in [0.29, 0.717) is 6.07 Å². The molecule has 9 nitrogen and oxygen atoms in total. The van der Waals surface area contributed by atoms with Gasteiger partial charge in [0.15, 0.2) is 0 Å². The Labute approximate surface area is 195 Å². The van der Waals surface area contributed by atoms with Gasteiger partial charge in [0, 0.05) is 12.6 Å². The minimum atomic E-state index is -0.937.